The molecule has 2 heterocycles. The van der Waals surface area contributed by atoms with E-state index in [0.29, 0.717) is 5.75 Å². The molecule has 9 nitrogen and oxygen atoms in total. The van der Waals surface area contributed by atoms with Crippen molar-refractivity contribution in [3.05, 3.63) is 63.4 Å². The monoisotopic (exact) mass is 424 g/mol. The van der Waals surface area contributed by atoms with Gasteiger partial charge in [0, 0.05) is 12.3 Å². The highest BCUT2D eigenvalue weighted by molar-refractivity contribution is 8.00. The summed E-state index contributed by atoms with van der Waals surface area (Å²) in [5.74, 6) is 2.60. The van der Waals surface area contributed by atoms with Crippen molar-refractivity contribution in [2.75, 3.05) is 6.61 Å². The van der Waals surface area contributed by atoms with E-state index in [0.717, 1.165) is 16.8 Å². The van der Waals surface area contributed by atoms with Crippen LogP contribution in [-0.2, 0) is 21.1 Å². The number of ether oxygens (including phenoxy) is 1. The fraction of sp³-hybridized carbons (Fsp3) is 0.294. The molecule has 1 aromatic heterocycles. The molecular weight excluding hydrogens is 407 g/mol. The smallest absolute Gasteiger partial charge is 0.330 e. The minimum atomic E-state index is -2.22. The van der Waals surface area contributed by atoms with Crippen molar-refractivity contribution < 1.29 is 24.0 Å². The number of para-hydroxylation sites is 1. The molecule has 0 bridgehead atoms. The molecular formula is C17H17N2O7PS. The fourth-order valence-electron chi connectivity index (χ4n) is 2.71. The fourth-order valence-corrected chi connectivity index (χ4v) is 3.89. The van der Waals surface area contributed by atoms with E-state index in [4.69, 9.17) is 32.0 Å². The van der Waals surface area contributed by atoms with Crippen molar-refractivity contribution >= 4 is 19.0 Å². The van der Waals surface area contributed by atoms with Gasteiger partial charge in [-0.1, -0.05) is 24.1 Å². The highest BCUT2D eigenvalue weighted by Crippen LogP contribution is 2.39. The van der Waals surface area contributed by atoms with Gasteiger partial charge in [-0.25, -0.2) is 4.79 Å². The quantitative estimate of drug-likeness (QED) is 0.429. The lowest BCUT2D eigenvalue weighted by atomic mass is 9.95. The first-order valence-corrected chi connectivity index (χ1v) is 10.5. The van der Waals surface area contributed by atoms with E-state index in [2.05, 4.69) is 5.92 Å². The maximum absolute atomic E-state index is 12.0. The lowest BCUT2D eigenvalue weighted by Crippen LogP contribution is -2.48. The van der Waals surface area contributed by atoms with Crippen LogP contribution >= 0.6 is 7.15 Å². The standard InChI is InChI=1S/C17H17N2O7PS/c1-2-17(23)14(21)12(10-24-27(28)26-11-6-4-3-5-7-11)25-15(17)19-9-8-13(20)18-16(19)22/h1,3-9,12,14-15,21,23,27H,10H2,(H,18,20,22)/t12-,14-,15-,17-/m1/s1. The van der Waals surface area contributed by atoms with Crippen molar-refractivity contribution in [2.24, 2.45) is 0 Å². The first-order valence-electron chi connectivity index (χ1n) is 8.10. The van der Waals surface area contributed by atoms with Crippen LogP contribution in [0.25, 0.3) is 0 Å². The van der Waals surface area contributed by atoms with Crippen LogP contribution in [0.5, 0.6) is 5.75 Å². The second kappa shape index (κ2) is 8.41. The number of aliphatic hydroxyl groups is 2. The molecule has 1 saturated heterocycles. The maximum atomic E-state index is 12.0. The third kappa shape index (κ3) is 4.10. The number of benzene rings is 1. The number of nitrogens with zero attached hydrogens (tertiary/aromatic N) is 1. The molecule has 0 spiro atoms. The van der Waals surface area contributed by atoms with Gasteiger partial charge in [0.25, 0.3) is 5.56 Å². The zero-order chi connectivity index (χ0) is 20.3. The number of H-pyrrole nitrogens is 1. The summed E-state index contributed by atoms with van der Waals surface area (Å²) in [4.78, 5) is 25.3. The van der Waals surface area contributed by atoms with Gasteiger partial charge in [-0.2, -0.15) is 0 Å². The van der Waals surface area contributed by atoms with Gasteiger partial charge in [-0.3, -0.25) is 14.3 Å². The molecule has 1 fully saturated rings. The van der Waals surface area contributed by atoms with Crippen LogP contribution < -0.4 is 15.8 Å². The number of aliphatic hydroxyl groups excluding tert-OH is 1. The van der Waals surface area contributed by atoms with Gasteiger partial charge in [0.2, 0.25) is 7.15 Å². The zero-order valence-corrected chi connectivity index (χ0v) is 16.2. The molecule has 0 saturated carbocycles. The summed E-state index contributed by atoms with van der Waals surface area (Å²) in [6.45, 7) is -0.218. The lowest BCUT2D eigenvalue weighted by Gasteiger charge is -2.26. The summed E-state index contributed by atoms with van der Waals surface area (Å²) in [5, 5.41) is 21.1. The molecule has 0 amide bonds. The van der Waals surface area contributed by atoms with E-state index in [1.165, 1.54) is 0 Å². The average Bonchev–Trinajstić information content (AvgIpc) is 2.92. The van der Waals surface area contributed by atoms with E-state index in [1.54, 1.807) is 24.3 Å². The molecule has 0 aliphatic carbocycles. The molecule has 3 rings (SSSR count). The minimum absolute atomic E-state index is 0.218. The van der Waals surface area contributed by atoms with Gasteiger partial charge in [-0.05, 0) is 23.9 Å². The highest BCUT2D eigenvalue weighted by atomic mass is 32.4. The second-order valence-electron chi connectivity index (χ2n) is 5.93. The molecule has 3 N–H and O–H groups in total. The van der Waals surface area contributed by atoms with Crippen LogP contribution in [0, 0.1) is 12.3 Å². The van der Waals surface area contributed by atoms with Gasteiger partial charge in [0.05, 0.1) is 6.61 Å². The first-order chi connectivity index (χ1) is 13.3. The van der Waals surface area contributed by atoms with E-state index >= 15 is 0 Å². The van der Waals surface area contributed by atoms with Crippen molar-refractivity contribution in [2.45, 2.75) is 24.0 Å². The predicted molar refractivity (Wildman–Crippen MR) is 104 cm³/mol. The van der Waals surface area contributed by atoms with Crippen LogP contribution in [0.4, 0.5) is 0 Å². The Kier molecular flexibility index (Phi) is 6.15. The molecule has 2 aromatic rings. The second-order valence-corrected chi connectivity index (χ2v) is 7.93. The molecule has 11 heteroatoms. The van der Waals surface area contributed by atoms with Gasteiger partial charge in [-0.15, -0.1) is 6.42 Å². The van der Waals surface area contributed by atoms with E-state index < -0.39 is 42.4 Å². The molecule has 1 aliphatic heterocycles. The predicted octanol–water partition coefficient (Wildman–Crippen LogP) is -0.239. The topological polar surface area (TPSA) is 123 Å². The number of aromatic nitrogens is 2. The Hall–Kier alpha value is -2.25. The number of hydrogen-bond donors (Lipinski definition) is 3. The Bertz CT molecular complexity index is 1020. The Labute approximate surface area is 165 Å². The minimum Gasteiger partial charge on any atom is -0.446 e. The summed E-state index contributed by atoms with van der Waals surface area (Å²) < 4.78 is 17.4. The Morgan fingerprint density at radius 2 is 2.07 bits per heavy atom. The SMILES string of the molecule is C#C[C@@]1(O)[C@H](O)[C@@H](CO[PH](=S)Oc2ccccc2)O[C@H]1n1ccc(=O)[nH]c1=O. The molecule has 148 valence electrons. The van der Waals surface area contributed by atoms with Gasteiger partial charge in [0.1, 0.15) is 18.0 Å². The largest absolute Gasteiger partial charge is 0.446 e. The van der Waals surface area contributed by atoms with E-state index in [-0.39, 0.29) is 6.61 Å². The van der Waals surface area contributed by atoms with Crippen molar-refractivity contribution in [3.63, 3.8) is 0 Å². The summed E-state index contributed by atoms with van der Waals surface area (Å²) in [7, 11) is -2.15. The number of rotatable bonds is 6. The number of nitrogens with one attached hydrogen (secondary N) is 1. The molecule has 1 aliphatic rings. The highest BCUT2D eigenvalue weighted by Gasteiger charge is 2.56. The van der Waals surface area contributed by atoms with Crippen molar-refractivity contribution in [1.29, 1.82) is 0 Å². The number of terminal acetylenes is 1. The molecule has 0 radical (unpaired) electrons. The summed E-state index contributed by atoms with van der Waals surface area (Å²) in [6.07, 6.45) is 2.42. The van der Waals surface area contributed by atoms with Crippen LogP contribution in [0.1, 0.15) is 6.23 Å². The maximum Gasteiger partial charge on any atom is 0.330 e. The van der Waals surface area contributed by atoms with E-state index in [9.17, 15) is 19.8 Å². The van der Waals surface area contributed by atoms with Crippen LogP contribution in [0.3, 0.4) is 0 Å². The zero-order valence-electron chi connectivity index (χ0n) is 14.3. The molecule has 5 atom stereocenters. The number of aromatic amines is 1. The molecule has 28 heavy (non-hydrogen) atoms. The Morgan fingerprint density at radius 3 is 2.71 bits per heavy atom. The third-order valence-electron chi connectivity index (χ3n) is 4.13. The van der Waals surface area contributed by atoms with Crippen molar-refractivity contribution in [3.8, 4) is 18.1 Å². The molecule has 1 unspecified atom stereocenters. The van der Waals surface area contributed by atoms with E-state index in [1.807, 2.05) is 11.1 Å². The number of hydrogen-bond acceptors (Lipinski definition) is 8. The molecule has 1 aromatic carbocycles. The summed E-state index contributed by atoms with van der Waals surface area (Å²) >= 11 is 5.16. The average molecular weight is 424 g/mol. The summed E-state index contributed by atoms with van der Waals surface area (Å²) in [6, 6.07) is 9.89. The Morgan fingerprint density at radius 1 is 1.36 bits per heavy atom. The van der Waals surface area contributed by atoms with Gasteiger partial charge < -0.3 is 24.0 Å². The van der Waals surface area contributed by atoms with Crippen molar-refractivity contribution in [1.82, 2.24) is 9.55 Å². The van der Waals surface area contributed by atoms with Crippen LogP contribution in [-0.4, -0.2) is 44.2 Å². The van der Waals surface area contributed by atoms with Crippen LogP contribution in [0.2, 0.25) is 0 Å². The van der Waals surface area contributed by atoms with Gasteiger partial charge in [0.15, 0.2) is 11.8 Å². The van der Waals surface area contributed by atoms with Crippen LogP contribution in [0.15, 0.2) is 52.2 Å². The Balaban J connectivity index is 1.73. The third-order valence-corrected chi connectivity index (χ3v) is 5.54. The summed E-state index contributed by atoms with van der Waals surface area (Å²) in [5.41, 5.74) is -3.69. The van der Waals surface area contributed by atoms with Gasteiger partial charge >= 0.3 is 5.69 Å². The lowest BCUT2D eigenvalue weighted by molar-refractivity contribution is -0.0752. The first kappa shape index (κ1) is 20.5. The normalized spacial score (nSPS) is 27.8.